The van der Waals surface area contributed by atoms with Gasteiger partial charge in [0.25, 0.3) is 5.91 Å². The molecule has 9 heteroatoms. The lowest BCUT2D eigenvalue weighted by Gasteiger charge is -2.07. The third-order valence-corrected chi connectivity index (χ3v) is 6.00. The second-order valence-corrected chi connectivity index (χ2v) is 8.62. The van der Waals surface area contributed by atoms with Crippen molar-refractivity contribution in [3.63, 3.8) is 0 Å². The molecule has 0 fully saturated rings. The monoisotopic (exact) mass is 423 g/mol. The molecule has 1 amide bonds. The maximum absolute atomic E-state index is 12.4. The van der Waals surface area contributed by atoms with Gasteiger partial charge in [-0.1, -0.05) is 58.7 Å². The molecule has 1 aliphatic heterocycles. The smallest absolute Gasteiger partial charge is 0.275 e. The minimum absolute atomic E-state index is 0.240. The van der Waals surface area contributed by atoms with Gasteiger partial charge in [0.15, 0.2) is 11.2 Å². The number of thiophene rings is 1. The van der Waals surface area contributed by atoms with E-state index in [1.807, 2.05) is 35.7 Å². The van der Waals surface area contributed by atoms with Crippen LogP contribution in [0.2, 0.25) is 8.67 Å². The molecule has 2 aromatic heterocycles. The normalized spacial score (nSPS) is 16.2. The first-order valence-corrected chi connectivity index (χ1v) is 10.0. The van der Waals surface area contributed by atoms with Gasteiger partial charge in [0, 0.05) is 17.4 Å². The summed E-state index contributed by atoms with van der Waals surface area (Å²) >= 11 is 14.7. The van der Waals surface area contributed by atoms with Crippen molar-refractivity contribution in [3.8, 4) is 11.3 Å². The number of carbonyl (C=O) groups excluding carboxylic acids is 1. The number of oxime groups is 1. The topological polar surface area (TPSA) is 63.6 Å². The summed E-state index contributed by atoms with van der Waals surface area (Å²) in [6.07, 6.45) is 0.176. The van der Waals surface area contributed by atoms with E-state index in [0.717, 1.165) is 11.1 Å². The number of anilines is 1. The van der Waals surface area contributed by atoms with E-state index in [0.29, 0.717) is 31.6 Å². The van der Waals surface area contributed by atoms with Gasteiger partial charge in [0.05, 0.1) is 10.0 Å². The third kappa shape index (κ3) is 3.61. The molecule has 1 N–H and O–H groups in total. The molecule has 132 valence electrons. The summed E-state index contributed by atoms with van der Waals surface area (Å²) in [5.74, 6) is -0.321. The Morgan fingerprint density at radius 1 is 1.27 bits per heavy atom. The molecule has 5 nitrogen and oxygen atoms in total. The Bertz CT molecular complexity index is 985. The molecular formula is C17H11Cl2N3O2S2. The van der Waals surface area contributed by atoms with E-state index >= 15 is 0 Å². The second kappa shape index (κ2) is 7.36. The summed E-state index contributed by atoms with van der Waals surface area (Å²) in [6.45, 7) is 0. The number of thiazole rings is 1. The van der Waals surface area contributed by atoms with Gasteiger partial charge in [0.2, 0.25) is 0 Å². The van der Waals surface area contributed by atoms with Crippen LogP contribution in [0.3, 0.4) is 0 Å². The standard InChI is InChI=1S/C17H11Cl2N3O2S2/c18-14-6-10(15(19)26-14)12-8-25-17(20-12)21-16(23)11-7-13(24-22-11)9-4-2-1-3-5-9/h1-6,8,13H,7H2,(H,20,21,23). The molecule has 1 aromatic carbocycles. The van der Waals surface area contributed by atoms with Crippen LogP contribution in [0.15, 0.2) is 46.9 Å². The van der Waals surface area contributed by atoms with E-state index in [2.05, 4.69) is 15.5 Å². The number of rotatable bonds is 4. The van der Waals surface area contributed by atoms with Crippen molar-refractivity contribution >= 4 is 62.6 Å². The molecule has 3 heterocycles. The number of nitrogens with zero attached hydrogens (tertiary/aromatic N) is 2. The Kier molecular flexibility index (Phi) is 4.95. The molecule has 4 rings (SSSR count). The number of nitrogens with one attached hydrogen (secondary N) is 1. The minimum atomic E-state index is -0.321. The third-order valence-electron chi connectivity index (χ3n) is 3.76. The van der Waals surface area contributed by atoms with E-state index in [9.17, 15) is 4.79 Å². The van der Waals surface area contributed by atoms with E-state index in [4.69, 9.17) is 28.0 Å². The predicted molar refractivity (Wildman–Crippen MR) is 106 cm³/mol. The van der Waals surface area contributed by atoms with Crippen LogP contribution < -0.4 is 5.32 Å². The molecule has 0 radical (unpaired) electrons. The number of hydrogen-bond donors (Lipinski definition) is 1. The molecule has 0 spiro atoms. The highest BCUT2D eigenvalue weighted by atomic mass is 35.5. The quantitative estimate of drug-likeness (QED) is 0.590. The van der Waals surface area contributed by atoms with Gasteiger partial charge < -0.3 is 4.84 Å². The van der Waals surface area contributed by atoms with Gasteiger partial charge in [-0.3, -0.25) is 10.1 Å². The molecule has 3 aromatic rings. The summed E-state index contributed by atoms with van der Waals surface area (Å²) in [4.78, 5) is 22.2. The first-order valence-electron chi connectivity index (χ1n) is 7.60. The van der Waals surface area contributed by atoms with Gasteiger partial charge >= 0.3 is 0 Å². The number of halogens is 2. The van der Waals surface area contributed by atoms with Crippen LogP contribution in [0.1, 0.15) is 18.1 Å². The van der Waals surface area contributed by atoms with Gasteiger partial charge in [-0.15, -0.1) is 22.7 Å². The highest BCUT2D eigenvalue weighted by Gasteiger charge is 2.27. The fraction of sp³-hybridized carbons (Fsp3) is 0.118. The second-order valence-electron chi connectivity index (χ2n) is 5.48. The Morgan fingerprint density at radius 3 is 2.81 bits per heavy atom. The van der Waals surface area contributed by atoms with Crippen molar-refractivity contribution in [3.05, 3.63) is 56.0 Å². The van der Waals surface area contributed by atoms with Crippen molar-refractivity contribution in [2.75, 3.05) is 5.32 Å². The Morgan fingerprint density at radius 2 is 2.08 bits per heavy atom. The molecular weight excluding hydrogens is 413 g/mol. The van der Waals surface area contributed by atoms with Crippen molar-refractivity contribution in [2.45, 2.75) is 12.5 Å². The highest BCUT2D eigenvalue weighted by molar-refractivity contribution is 7.20. The summed E-state index contributed by atoms with van der Waals surface area (Å²) < 4.78 is 1.16. The van der Waals surface area contributed by atoms with Crippen molar-refractivity contribution < 1.29 is 9.63 Å². The van der Waals surface area contributed by atoms with E-state index in [1.54, 1.807) is 6.07 Å². The lowest BCUT2D eigenvalue weighted by molar-refractivity contribution is -0.110. The maximum Gasteiger partial charge on any atom is 0.275 e. The van der Waals surface area contributed by atoms with E-state index in [-0.39, 0.29) is 12.0 Å². The SMILES string of the molecule is O=C(Nc1nc(-c2cc(Cl)sc2Cl)cs1)C1=NOC(c2ccccc2)C1. The van der Waals surface area contributed by atoms with Crippen LogP contribution >= 0.6 is 45.9 Å². The van der Waals surface area contributed by atoms with Crippen LogP contribution in [0.25, 0.3) is 11.3 Å². The minimum Gasteiger partial charge on any atom is -0.387 e. The van der Waals surface area contributed by atoms with Crippen molar-refractivity contribution in [1.29, 1.82) is 0 Å². The number of benzene rings is 1. The molecule has 1 aliphatic rings. The predicted octanol–water partition coefficient (Wildman–Crippen LogP) is 5.63. The lowest BCUT2D eigenvalue weighted by Crippen LogP contribution is -2.21. The van der Waals surface area contributed by atoms with Crippen LogP contribution in [-0.4, -0.2) is 16.6 Å². The first-order chi connectivity index (χ1) is 12.6. The number of aromatic nitrogens is 1. The average Bonchev–Trinajstić information content (AvgIpc) is 3.35. The van der Waals surface area contributed by atoms with E-state index in [1.165, 1.54) is 22.7 Å². The Hall–Kier alpha value is -1.93. The van der Waals surface area contributed by atoms with Crippen LogP contribution in [0, 0.1) is 0 Å². The summed E-state index contributed by atoms with van der Waals surface area (Å²) in [7, 11) is 0. The molecule has 1 atom stereocenters. The van der Waals surface area contributed by atoms with Crippen molar-refractivity contribution in [1.82, 2.24) is 4.98 Å². The van der Waals surface area contributed by atoms with Gasteiger partial charge in [-0.25, -0.2) is 4.98 Å². The molecule has 26 heavy (non-hydrogen) atoms. The molecule has 1 unspecified atom stereocenters. The zero-order valence-electron chi connectivity index (χ0n) is 13.1. The molecule has 0 aliphatic carbocycles. The van der Waals surface area contributed by atoms with Crippen LogP contribution in [-0.2, 0) is 9.63 Å². The lowest BCUT2D eigenvalue weighted by atomic mass is 10.0. The van der Waals surface area contributed by atoms with Gasteiger partial charge in [-0.05, 0) is 11.6 Å². The fourth-order valence-electron chi connectivity index (χ4n) is 2.50. The zero-order chi connectivity index (χ0) is 18.1. The fourth-order valence-corrected chi connectivity index (χ4v) is 4.68. The number of amides is 1. The summed E-state index contributed by atoms with van der Waals surface area (Å²) in [5, 5.41) is 8.96. The van der Waals surface area contributed by atoms with Crippen LogP contribution in [0.5, 0.6) is 0 Å². The zero-order valence-corrected chi connectivity index (χ0v) is 16.3. The summed E-state index contributed by atoms with van der Waals surface area (Å²) in [5.41, 5.74) is 2.75. The first kappa shape index (κ1) is 17.5. The molecule has 0 saturated heterocycles. The highest BCUT2D eigenvalue weighted by Crippen LogP contribution is 2.39. The molecule has 0 bridgehead atoms. The average molecular weight is 424 g/mol. The Balaban J connectivity index is 1.42. The Labute approximate surface area is 167 Å². The van der Waals surface area contributed by atoms with Gasteiger partial charge in [-0.2, -0.15) is 0 Å². The largest absolute Gasteiger partial charge is 0.387 e. The molecule has 0 saturated carbocycles. The van der Waals surface area contributed by atoms with E-state index < -0.39 is 0 Å². The summed E-state index contributed by atoms with van der Waals surface area (Å²) in [6, 6.07) is 11.4. The van der Waals surface area contributed by atoms with Gasteiger partial charge in [0.1, 0.15) is 10.0 Å². The maximum atomic E-state index is 12.4. The number of hydrogen-bond acceptors (Lipinski definition) is 6. The van der Waals surface area contributed by atoms with Crippen LogP contribution in [0.4, 0.5) is 5.13 Å². The van der Waals surface area contributed by atoms with Crippen molar-refractivity contribution in [2.24, 2.45) is 5.16 Å². The number of carbonyl (C=O) groups is 1.